The number of hydrogen-bond donors (Lipinski definition) is 1. The van der Waals surface area contributed by atoms with E-state index in [0.29, 0.717) is 6.04 Å². The van der Waals surface area contributed by atoms with Crippen LogP contribution < -0.4 is 10.1 Å². The zero-order valence-electron chi connectivity index (χ0n) is 11.9. The van der Waals surface area contributed by atoms with Crippen molar-refractivity contribution in [3.8, 4) is 5.75 Å². The lowest BCUT2D eigenvalue weighted by Gasteiger charge is -2.12. The Balaban J connectivity index is 2.74. The average Bonchev–Trinajstić information content (AvgIpc) is 2.62. The highest BCUT2D eigenvalue weighted by molar-refractivity contribution is 5.87. The highest BCUT2D eigenvalue weighted by atomic mass is 16.5. The van der Waals surface area contributed by atoms with Crippen molar-refractivity contribution in [2.24, 2.45) is 0 Å². The first kappa shape index (κ1) is 13.0. The summed E-state index contributed by atoms with van der Waals surface area (Å²) in [5.41, 5.74) is 3.98. The molecule has 0 atom stereocenters. The largest absolute Gasteiger partial charge is 0.497 e. The van der Waals surface area contributed by atoms with Crippen LogP contribution in [0.15, 0.2) is 18.2 Å². The minimum Gasteiger partial charge on any atom is -0.497 e. The number of rotatable bonds is 4. The highest BCUT2D eigenvalue weighted by Crippen LogP contribution is 2.31. The molecule has 1 heterocycles. The number of nitrogens with zero attached hydrogens (tertiary/aromatic N) is 1. The fraction of sp³-hybridized carbons (Fsp3) is 0.467. The molecule has 0 aliphatic heterocycles. The van der Waals surface area contributed by atoms with E-state index in [2.05, 4.69) is 42.8 Å². The molecule has 0 spiro atoms. The number of nitrogens with one attached hydrogen (secondary N) is 1. The van der Waals surface area contributed by atoms with E-state index in [1.807, 2.05) is 13.1 Å². The van der Waals surface area contributed by atoms with Gasteiger partial charge >= 0.3 is 0 Å². The Bertz CT molecular complexity index is 555. The molecule has 0 unspecified atom stereocenters. The van der Waals surface area contributed by atoms with Crippen molar-refractivity contribution in [1.82, 2.24) is 9.88 Å². The first-order valence-electron chi connectivity index (χ1n) is 6.42. The van der Waals surface area contributed by atoms with Gasteiger partial charge in [-0.25, -0.2) is 0 Å². The lowest BCUT2D eigenvalue weighted by atomic mass is 10.1. The third-order valence-electron chi connectivity index (χ3n) is 3.46. The molecule has 18 heavy (non-hydrogen) atoms. The normalized spacial score (nSPS) is 11.4. The zero-order valence-corrected chi connectivity index (χ0v) is 11.9. The Morgan fingerprint density at radius 3 is 2.61 bits per heavy atom. The smallest absolute Gasteiger partial charge is 0.119 e. The molecule has 3 nitrogen and oxygen atoms in total. The van der Waals surface area contributed by atoms with Crippen molar-refractivity contribution in [3.05, 3.63) is 29.5 Å². The van der Waals surface area contributed by atoms with Gasteiger partial charge in [0.25, 0.3) is 0 Å². The quantitative estimate of drug-likeness (QED) is 0.896. The number of ether oxygens (including phenoxy) is 1. The van der Waals surface area contributed by atoms with Gasteiger partial charge < -0.3 is 14.6 Å². The Morgan fingerprint density at radius 2 is 2.06 bits per heavy atom. The molecule has 98 valence electrons. The second kappa shape index (κ2) is 5.02. The summed E-state index contributed by atoms with van der Waals surface area (Å²) in [6, 6.07) is 6.78. The third-order valence-corrected chi connectivity index (χ3v) is 3.46. The van der Waals surface area contributed by atoms with E-state index >= 15 is 0 Å². The molecule has 3 heteroatoms. The third kappa shape index (κ3) is 1.99. The monoisotopic (exact) mass is 246 g/mol. The Labute approximate surface area is 109 Å². The lowest BCUT2D eigenvalue weighted by molar-refractivity contribution is 0.415. The fourth-order valence-electron chi connectivity index (χ4n) is 2.68. The van der Waals surface area contributed by atoms with Gasteiger partial charge in [0, 0.05) is 29.2 Å². The van der Waals surface area contributed by atoms with Crippen molar-refractivity contribution in [3.63, 3.8) is 0 Å². The lowest BCUT2D eigenvalue weighted by Crippen LogP contribution is -2.08. The minimum atomic E-state index is 0.464. The van der Waals surface area contributed by atoms with Gasteiger partial charge in [-0.2, -0.15) is 0 Å². The first-order chi connectivity index (χ1) is 8.60. The number of hydrogen-bond acceptors (Lipinski definition) is 2. The van der Waals surface area contributed by atoms with Gasteiger partial charge in [0.05, 0.1) is 7.11 Å². The van der Waals surface area contributed by atoms with Crippen LogP contribution in [0.1, 0.15) is 31.1 Å². The number of fused-ring (bicyclic) bond motifs is 1. The van der Waals surface area contributed by atoms with Crippen LogP contribution in [0.3, 0.4) is 0 Å². The predicted octanol–water partition coefficient (Wildman–Crippen LogP) is 3.26. The summed E-state index contributed by atoms with van der Waals surface area (Å²) in [5.74, 6) is 0.917. The topological polar surface area (TPSA) is 26.2 Å². The summed E-state index contributed by atoms with van der Waals surface area (Å²) in [6.07, 6.45) is 0. The summed E-state index contributed by atoms with van der Waals surface area (Å²) in [5, 5.41) is 4.54. The van der Waals surface area contributed by atoms with Crippen molar-refractivity contribution in [1.29, 1.82) is 0 Å². The van der Waals surface area contributed by atoms with Crippen molar-refractivity contribution in [2.45, 2.75) is 33.4 Å². The van der Waals surface area contributed by atoms with E-state index in [4.69, 9.17) is 4.74 Å². The maximum Gasteiger partial charge on any atom is 0.119 e. The Hall–Kier alpha value is -1.48. The van der Waals surface area contributed by atoms with Crippen LogP contribution in [0.5, 0.6) is 5.75 Å². The molecule has 0 saturated carbocycles. The molecule has 0 radical (unpaired) electrons. The van der Waals surface area contributed by atoms with E-state index in [0.717, 1.165) is 12.3 Å². The summed E-state index contributed by atoms with van der Waals surface area (Å²) in [4.78, 5) is 0. The average molecular weight is 246 g/mol. The van der Waals surface area contributed by atoms with Crippen LogP contribution in [0.25, 0.3) is 10.9 Å². The van der Waals surface area contributed by atoms with Crippen LogP contribution >= 0.6 is 0 Å². The van der Waals surface area contributed by atoms with Gasteiger partial charge in [0.15, 0.2) is 0 Å². The molecule has 1 aromatic heterocycles. The summed E-state index contributed by atoms with van der Waals surface area (Å²) < 4.78 is 7.73. The number of benzene rings is 1. The zero-order chi connectivity index (χ0) is 13.3. The molecule has 1 aromatic carbocycles. The Kier molecular flexibility index (Phi) is 3.62. The number of methoxy groups -OCH3 is 1. The maximum absolute atomic E-state index is 5.34. The summed E-state index contributed by atoms with van der Waals surface area (Å²) >= 11 is 0. The highest BCUT2D eigenvalue weighted by Gasteiger charge is 2.15. The molecule has 0 aliphatic rings. The fourth-order valence-corrected chi connectivity index (χ4v) is 2.68. The first-order valence-corrected chi connectivity index (χ1v) is 6.42. The molecule has 0 bridgehead atoms. The van der Waals surface area contributed by atoms with Gasteiger partial charge in [-0.1, -0.05) is 0 Å². The van der Waals surface area contributed by atoms with Gasteiger partial charge in [-0.3, -0.25) is 0 Å². The molecular weight excluding hydrogens is 224 g/mol. The summed E-state index contributed by atoms with van der Waals surface area (Å²) in [7, 11) is 3.70. The van der Waals surface area contributed by atoms with Gasteiger partial charge in [-0.15, -0.1) is 0 Å². The van der Waals surface area contributed by atoms with Crippen LogP contribution in [0.4, 0.5) is 0 Å². The molecule has 0 saturated heterocycles. The predicted molar refractivity (Wildman–Crippen MR) is 76.4 cm³/mol. The van der Waals surface area contributed by atoms with Crippen molar-refractivity contribution >= 4 is 10.9 Å². The SMILES string of the molecule is CNCc1c(C)n(C(C)C)c2ccc(OC)cc12. The van der Waals surface area contributed by atoms with Crippen molar-refractivity contribution < 1.29 is 4.74 Å². The van der Waals surface area contributed by atoms with E-state index in [1.54, 1.807) is 7.11 Å². The molecule has 0 aliphatic carbocycles. The van der Waals surface area contributed by atoms with Crippen LogP contribution in [0, 0.1) is 6.92 Å². The van der Waals surface area contributed by atoms with Crippen molar-refractivity contribution in [2.75, 3.05) is 14.2 Å². The second-order valence-corrected chi connectivity index (χ2v) is 4.94. The molecule has 2 rings (SSSR count). The number of aromatic nitrogens is 1. The van der Waals surface area contributed by atoms with Crippen LogP contribution in [-0.2, 0) is 6.54 Å². The van der Waals surface area contributed by atoms with Gasteiger partial charge in [0.1, 0.15) is 5.75 Å². The molecule has 0 amide bonds. The Morgan fingerprint density at radius 1 is 1.33 bits per heavy atom. The minimum absolute atomic E-state index is 0.464. The standard InChI is InChI=1S/C15H22N2O/c1-10(2)17-11(3)14(9-16-4)13-8-12(18-5)6-7-15(13)17/h6-8,10,16H,9H2,1-5H3. The molecule has 0 fully saturated rings. The maximum atomic E-state index is 5.34. The van der Waals surface area contributed by atoms with E-state index in [9.17, 15) is 0 Å². The molecule has 1 N–H and O–H groups in total. The summed E-state index contributed by atoms with van der Waals surface area (Å²) in [6.45, 7) is 7.52. The molecular formula is C15H22N2O. The molecule has 2 aromatic rings. The van der Waals surface area contributed by atoms with E-state index in [-0.39, 0.29) is 0 Å². The van der Waals surface area contributed by atoms with Crippen LogP contribution in [-0.4, -0.2) is 18.7 Å². The van der Waals surface area contributed by atoms with Gasteiger partial charge in [-0.05, 0) is 51.6 Å². The van der Waals surface area contributed by atoms with Gasteiger partial charge in [0.2, 0.25) is 0 Å². The van der Waals surface area contributed by atoms with Crippen LogP contribution in [0.2, 0.25) is 0 Å². The van der Waals surface area contributed by atoms with E-state index < -0.39 is 0 Å². The second-order valence-electron chi connectivity index (χ2n) is 4.94. The van der Waals surface area contributed by atoms with E-state index in [1.165, 1.54) is 22.2 Å².